The number of nitrogens with zero attached hydrogens (tertiary/aromatic N) is 1. The Balaban J connectivity index is 2.35. The molecule has 1 heterocycles. The molecule has 0 aromatic heterocycles. The van der Waals surface area contributed by atoms with Gasteiger partial charge in [0.15, 0.2) is 0 Å². The molecule has 4 nitrogen and oxygen atoms in total. The highest BCUT2D eigenvalue weighted by molar-refractivity contribution is 5.65. The summed E-state index contributed by atoms with van der Waals surface area (Å²) in [6.45, 7) is 0.815. The van der Waals surface area contributed by atoms with Gasteiger partial charge >= 0.3 is 6.09 Å². The van der Waals surface area contributed by atoms with Gasteiger partial charge in [-0.15, -0.1) is 0 Å². The van der Waals surface area contributed by atoms with Crippen molar-refractivity contribution in [3.8, 4) is 0 Å². The lowest BCUT2D eigenvalue weighted by molar-refractivity contribution is 0.135. The van der Waals surface area contributed by atoms with Crippen molar-refractivity contribution >= 4 is 6.09 Å². The molecule has 0 spiro atoms. The Morgan fingerprint density at radius 2 is 2.33 bits per heavy atom. The highest BCUT2D eigenvalue weighted by Crippen LogP contribution is 2.20. The molecule has 0 saturated carbocycles. The molecule has 0 unspecified atom stereocenters. The molecule has 70 valence electrons. The van der Waals surface area contributed by atoms with Crippen LogP contribution < -0.4 is 0 Å². The van der Waals surface area contributed by atoms with Crippen LogP contribution in [0.1, 0.15) is 25.7 Å². The molecule has 1 aliphatic rings. The Hall–Kier alpha value is -0.770. The van der Waals surface area contributed by atoms with Crippen molar-refractivity contribution in [2.45, 2.75) is 31.7 Å². The van der Waals surface area contributed by atoms with E-state index in [0.717, 1.165) is 19.3 Å². The summed E-state index contributed by atoms with van der Waals surface area (Å²) in [7, 11) is 0. The van der Waals surface area contributed by atoms with Gasteiger partial charge < -0.3 is 15.1 Å². The quantitative estimate of drug-likeness (QED) is 0.666. The van der Waals surface area contributed by atoms with E-state index in [-0.39, 0.29) is 12.6 Å². The molecule has 1 amide bonds. The maximum atomic E-state index is 10.6. The van der Waals surface area contributed by atoms with Gasteiger partial charge in [0.1, 0.15) is 0 Å². The molecular formula is C8H15NO3. The van der Waals surface area contributed by atoms with E-state index in [1.165, 1.54) is 4.90 Å². The van der Waals surface area contributed by atoms with Gasteiger partial charge in [0.2, 0.25) is 0 Å². The summed E-state index contributed by atoms with van der Waals surface area (Å²) in [4.78, 5) is 12.1. The van der Waals surface area contributed by atoms with Gasteiger partial charge in [-0.2, -0.15) is 0 Å². The Morgan fingerprint density at radius 1 is 1.58 bits per heavy atom. The summed E-state index contributed by atoms with van der Waals surface area (Å²) in [6.07, 6.45) is 2.59. The Labute approximate surface area is 71.8 Å². The van der Waals surface area contributed by atoms with E-state index in [2.05, 4.69) is 0 Å². The number of hydrogen-bond donors (Lipinski definition) is 2. The SMILES string of the molecule is O=C(O)N1CCC[C@@H]1CCCO. The predicted octanol–water partition coefficient (Wildman–Crippen LogP) is 0.901. The molecule has 2 N–H and O–H groups in total. The Bertz CT molecular complexity index is 160. The van der Waals surface area contributed by atoms with Crippen LogP contribution >= 0.6 is 0 Å². The van der Waals surface area contributed by atoms with Crippen molar-refractivity contribution in [1.82, 2.24) is 4.90 Å². The van der Waals surface area contributed by atoms with Crippen molar-refractivity contribution in [2.24, 2.45) is 0 Å². The third-order valence-corrected chi connectivity index (χ3v) is 2.32. The first-order valence-electron chi connectivity index (χ1n) is 4.36. The van der Waals surface area contributed by atoms with Gasteiger partial charge in [-0.05, 0) is 25.7 Å². The molecule has 1 saturated heterocycles. The van der Waals surface area contributed by atoms with Crippen LogP contribution in [0.4, 0.5) is 4.79 Å². The summed E-state index contributed by atoms with van der Waals surface area (Å²) >= 11 is 0. The topological polar surface area (TPSA) is 60.8 Å². The molecule has 0 aromatic rings. The fourth-order valence-corrected chi connectivity index (χ4v) is 1.71. The zero-order chi connectivity index (χ0) is 8.97. The highest BCUT2D eigenvalue weighted by atomic mass is 16.4. The molecule has 4 heteroatoms. The third-order valence-electron chi connectivity index (χ3n) is 2.32. The second-order valence-corrected chi connectivity index (χ2v) is 3.14. The molecule has 1 atom stereocenters. The van der Waals surface area contributed by atoms with Crippen LogP contribution in [0.3, 0.4) is 0 Å². The number of hydrogen-bond acceptors (Lipinski definition) is 2. The Morgan fingerprint density at radius 3 is 2.92 bits per heavy atom. The van der Waals surface area contributed by atoms with Gasteiger partial charge in [0.25, 0.3) is 0 Å². The first-order chi connectivity index (χ1) is 5.75. The number of amides is 1. The number of likely N-dealkylation sites (tertiary alicyclic amines) is 1. The maximum Gasteiger partial charge on any atom is 0.407 e. The minimum atomic E-state index is -0.824. The van der Waals surface area contributed by atoms with Crippen molar-refractivity contribution in [2.75, 3.05) is 13.2 Å². The normalized spacial score (nSPS) is 23.1. The van der Waals surface area contributed by atoms with E-state index in [9.17, 15) is 4.79 Å². The second kappa shape index (κ2) is 4.30. The van der Waals surface area contributed by atoms with Crippen molar-refractivity contribution in [3.63, 3.8) is 0 Å². The van der Waals surface area contributed by atoms with Gasteiger partial charge in [-0.1, -0.05) is 0 Å². The van der Waals surface area contributed by atoms with Crippen molar-refractivity contribution in [1.29, 1.82) is 0 Å². The summed E-state index contributed by atoms with van der Waals surface area (Å²) in [6, 6.07) is 0.148. The predicted molar refractivity (Wildman–Crippen MR) is 44.1 cm³/mol. The minimum Gasteiger partial charge on any atom is -0.465 e. The Kier molecular flexibility index (Phi) is 3.34. The fourth-order valence-electron chi connectivity index (χ4n) is 1.71. The zero-order valence-electron chi connectivity index (χ0n) is 7.07. The van der Waals surface area contributed by atoms with Crippen molar-refractivity contribution in [3.05, 3.63) is 0 Å². The number of carboxylic acid groups (broad SMARTS) is 1. The molecule has 1 fully saturated rings. The summed E-state index contributed by atoms with van der Waals surface area (Å²) in [5.74, 6) is 0. The van der Waals surface area contributed by atoms with Gasteiger partial charge in [-0.3, -0.25) is 0 Å². The second-order valence-electron chi connectivity index (χ2n) is 3.14. The van der Waals surface area contributed by atoms with E-state index in [1.54, 1.807) is 0 Å². The van der Waals surface area contributed by atoms with Gasteiger partial charge in [-0.25, -0.2) is 4.79 Å². The van der Waals surface area contributed by atoms with Gasteiger partial charge in [0, 0.05) is 19.2 Å². The molecule has 12 heavy (non-hydrogen) atoms. The third kappa shape index (κ3) is 2.11. The fraction of sp³-hybridized carbons (Fsp3) is 0.875. The largest absolute Gasteiger partial charge is 0.465 e. The van der Waals surface area contributed by atoms with E-state index in [4.69, 9.17) is 10.2 Å². The van der Waals surface area contributed by atoms with Crippen molar-refractivity contribution < 1.29 is 15.0 Å². The van der Waals surface area contributed by atoms with E-state index in [1.807, 2.05) is 0 Å². The van der Waals surface area contributed by atoms with Crippen LogP contribution in [-0.2, 0) is 0 Å². The summed E-state index contributed by atoms with van der Waals surface area (Å²) in [5.41, 5.74) is 0. The van der Waals surface area contributed by atoms with Crippen LogP contribution in [0.5, 0.6) is 0 Å². The zero-order valence-corrected chi connectivity index (χ0v) is 7.07. The van der Waals surface area contributed by atoms with Crippen LogP contribution in [0.2, 0.25) is 0 Å². The van der Waals surface area contributed by atoms with Crippen LogP contribution in [-0.4, -0.2) is 40.4 Å². The first kappa shape index (κ1) is 9.32. The number of carbonyl (C=O) groups is 1. The molecule has 0 aromatic carbocycles. The molecule has 0 radical (unpaired) electrons. The number of aliphatic hydroxyl groups excluding tert-OH is 1. The molecule has 1 rings (SSSR count). The van der Waals surface area contributed by atoms with Crippen LogP contribution in [0, 0.1) is 0 Å². The number of aliphatic hydroxyl groups is 1. The molecule has 0 aliphatic carbocycles. The monoisotopic (exact) mass is 173 g/mol. The summed E-state index contributed by atoms with van der Waals surface area (Å²) < 4.78 is 0. The molecular weight excluding hydrogens is 158 g/mol. The standard InChI is InChI=1S/C8H15NO3/c10-6-2-4-7-3-1-5-9(7)8(11)12/h7,10H,1-6H2,(H,11,12)/t7-/m1/s1. The van der Waals surface area contributed by atoms with E-state index in [0.29, 0.717) is 13.0 Å². The maximum absolute atomic E-state index is 10.6. The first-order valence-corrected chi connectivity index (χ1v) is 4.36. The van der Waals surface area contributed by atoms with E-state index >= 15 is 0 Å². The molecule has 0 bridgehead atoms. The average molecular weight is 173 g/mol. The smallest absolute Gasteiger partial charge is 0.407 e. The lowest BCUT2D eigenvalue weighted by Crippen LogP contribution is -2.34. The lowest BCUT2D eigenvalue weighted by Gasteiger charge is -2.20. The summed E-state index contributed by atoms with van der Waals surface area (Å²) in [5, 5.41) is 17.3. The van der Waals surface area contributed by atoms with E-state index < -0.39 is 6.09 Å². The molecule has 1 aliphatic heterocycles. The van der Waals surface area contributed by atoms with Gasteiger partial charge in [0.05, 0.1) is 0 Å². The highest BCUT2D eigenvalue weighted by Gasteiger charge is 2.27. The minimum absolute atomic E-state index is 0.148. The average Bonchev–Trinajstić information content (AvgIpc) is 2.48. The number of rotatable bonds is 3. The van der Waals surface area contributed by atoms with Crippen LogP contribution in [0.25, 0.3) is 0 Å². The van der Waals surface area contributed by atoms with Crippen LogP contribution in [0.15, 0.2) is 0 Å². The lowest BCUT2D eigenvalue weighted by atomic mass is 10.1.